The summed E-state index contributed by atoms with van der Waals surface area (Å²) in [6, 6.07) is 7.09. The number of benzene rings is 2. The van der Waals surface area contributed by atoms with E-state index in [1.807, 2.05) is 20.8 Å². The summed E-state index contributed by atoms with van der Waals surface area (Å²) in [6.07, 6.45) is -1.97. The number of carbonyl (C=O) groups excluding carboxylic acids is 9. The molecule has 2 aliphatic heterocycles. The predicted molar refractivity (Wildman–Crippen MR) is 296 cm³/mol. The molecule has 78 heavy (non-hydrogen) atoms. The van der Waals surface area contributed by atoms with E-state index >= 15 is 9.59 Å². The molecule has 0 aliphatic carbocycles. The number of amides is 8. The molecule has 8 amide bonds. The van der Waals surface area contributed by atoms with Crippen molar-refractivity contribution in [2.75, 3.05) is 34.7 Å². The Morgan fingerprint density at radius 1 is 0.551 bits per heavy atom. The molecule has 0 aromatic heterocycles. The number of aliphatic hydroxyl groups is 1. The molecule has 19 heteroatoms. The Balaban J connectivity index is 1.97. The largest absolute Gasteiger partial charge is 0.450 e. The van der Waals surface area contributed by atoms with Gasteiger partial charge >= 0.3 is 5.97 Å². The fourth-order valence-corrected chi connectivity index (χ4v) is 10.9. The second kappa shape index (κ2) is 28.5. The molecule has 2 fully saturated rings. The second-order valence-electron chi connectivity index (χ2n) is 23.3. The molecule has 2 aliphatic rings. The smallest absolute Gasteiger partial charge is 0.329 e. The molecule has 11 atom stereocenters. The molecule has 2 saturated heterocycles. The topological polar surface area (TPSA) is 235 Å². The van der Waals surface area contributed by atoms with Gasteiger partial charge in [0.25, 0.3) is 5.91 Å². The Labute approximate surface area is 462 Å². The minimum atomic E-state index is -1.64. The number of likely N-dealkylation sites (N-methyl/N-ethyl adjacent to an activating group) is 4. The van der Waals surface area contributed by atoms with Gasteiger partial charge in [-0.1, -0.05) is 150 Å². The lowest BCUT2D eigenvalue weighted by molar-refractivity contribution is -0.171. The van der Waals surface area contributed by atoms with E-state index in [4.69, 9.17) is 4.74 Å². The van der Waals surface area contributed by atoms with Crippen LogP contribution in [0.25, 0.3) is 0 Å². The van der Waals surface area contributed by atoms with Gasteiger partial charge in [-0.2, -0.15) is 0 Å². The van der Waals surface area contributed by atoms with E-state index in [1.165, 1.54) is 47.8 Å². The van der Waals surface area contributed by atoms with E-state index in [9.17, 15) is 38.7 Å². The van der Waals surface area contributed by atoms with Crippen molar-refractivity contribution < 1.29 is 53.0 Å². The number of hydrogen-bond donors (Lipinski definition) is 4. The maximum atomic E-state index is 15.3. The molecule has 0 unspecified atom stereocenters. The van der Waals surface area contributed by atoms with Crippen LogP contribution in [0.2, 0.25) is 0 Å². The third-order valence-corrected chi connectivity index (χ3v) is 15.4. The lowest BCUT2D eigenvalue weighted by atomic mass is 9.94. The quantitative estimate of drug-likeness (QED) is 0.218. The van der Waals surface area contributed by atoms with Crippen LogP contribution in [-0.4, -0.2) is 172 Å². The Hall–Kier alpha value is -6.37. The van der Waals surface area contributed by atoms with Crippen molar-refractivity contribution in [3.05, 3.63) is 71.8 Å². The minimum Gasteiger partial charge on any atom is -0.450 e. The first-order chi connectivity index (χ1) is 36.6. The summed E-state index contributed by atoms with van der Waals surface area (Å²) in [5.41, 5.74) is 0.949. The van der Waals surface area contributed by atoms with Gasteiger partial charge < -0.3 is 50.3 Å². The fraction of sp³-hybridized carbons (Fsp3) is 0.644. The molecule has 2 heterocycles. The van der Waals surface area contributed by atoms with Gasteiger partial charge in [-0.25, -0.2) is 4.79 Å². The number of hydrogen-bond acceptors (Lipinski definition) is 11. The number of cyclic esters (lactones) is 1. The molecule has 432 valence electrons. The number of nitrogens with one attached hydrogen (secondary N) is 3. The Kier molecular flexibility index (Phi) is 23.4. The number of nitrogens with zero attached hydrogens (tertiary/aromatic N) is 5. The number of ether oxygens (including phenoxy) is 1. The molecule has 0 radical (unpaired) electrons. The van der Waals surface area contributed by atoms with Gasteiger partial charge in [-0.3, -0.25) is 38.4 Å². The SMILES string of the molecule is CC[C@@H](C)[C@H]1NC(=O)[C@H]2CCCN2C(=O)[C@@H]([C@@H](O)c2ccccc2)N(C)C(=O)[C@H](Cc2ccccc2)NC(=O)[C@H](C(C)C)N(C)C(=O)[C@H](C(C)C)OC(=O)[C@H](C(C)C)N(C)C(=O)[C@@H](CC(C)C)NC(=O)[C@H](C(C)C)N(C)C1=O. The highest BCUT2D eigenvalue weighted by molar-refractivity contribution is 5.99. The van der Waals surface area contributed by atoms with Crippen molar-refractivity contribution >= 4 is 53.2 Å². The number of carbonyl (C=O) groups is 9. The van der Waals surface area contributed by atoms with Crippen molar-refractivity contribution in [3.8, 4) is 0 Å². The average Bonchev–Trinajstić information content (AvgIpc) is 3.91. The highest BCUT2D eigenvalue weighted by Gasteiger charge is 2.47. The number of rotatable bonds is 12. The summed E-state index contributed by atoms with van der Waals surface area (Å²) in [4.78, 5) is 140. The van der Waals surface area contributed by atoms with Gasteiger partial charge in [0.2, 0.25) is 41.4 Å². The van der Waals surface area contributed by atoms with E-state index in [0.717, 1.165) is 4.90 Å². The summed E-state index contributed by atoms with van der Waals surface area (Å²) in [6.45, 7) is 21.3. The van der Waals surface area contributed by atoms with Crippen LogP contribution in [0.4, 0.5) is 0 Å². The molecule has 19 nitrogen and oxygen atoms in total. The molecule has 0 bridgehead atoms. The third kappa shape index (κ3) is 15.5. The molecular formula is C59H90N8O11. The minimum absolute atomic E-state index is 0.0688. The number of esters is 1. The summed E-state index contributed by atoms with van der Waals surface area (Å²) in [5.74, 6) is -9.15. The maximum Gasteiger partial charge on any atom is 0.329 e. The highest BCUT2D eigenvalue weighted by atomic mass is 16.6. The number of fused-ring (bicyclic) bond motifs is 1. The van der Waals surface area contributed by atoms with Gasteiger partial charge in [0, 0.05) is 41.2 Å². The van der Waals surface area contributed by atoms with E-state index in [1.54, 1.807) is 123 Å². The number of aliphatic hydroxyl groups excluding tert-OH is 1. The maximum absolute atomic E-state index is 15.3. The van der Waals surface area contributed by atoms with Gasteiger partial charge in [-0.05, 0) is 65.9 Å². The summed E-state index contributed by atoms with van der Waals surface area (Å²) in [7, 11) is 5.67. The monoisotopic (exact) mass is 1090 g/mol. The average molecular weight is 1090 g/mol. The zero-order valence-electron chi connectivity index (χ0n) is 49.0. The van der Waals surface area contributed by atoms with E-state index in [-0.39, 0.29) is 31.7 Å². The second-order valence-corrected chi connectivity index (χ2v) is 23.3. The van der Waals surface area contributed by atoms with Crippen molar-refractivity contribution in [1.29, 1.82) is 0 Å². The van der Waals surface area contributed by atoms with Crippen LogP contribution in [0.1, 0.15) is 126 Å². The normalized spacial score (nSPS) is 26.6. The predicted octanol–water partition coefficient (Wildman–Crippen LogP) is 4.36. The van der Waals surface area contributed by atoms with Crippen LogP contribution in [0, 0.1) is 35.5 Å². The first-order valence-corrected chi connectivity index (χ1v) is 27.8. The summed E-state index contributed by atoms with van der Waals surface area (Å²) >= 11 is 0. The Bertz CT molecular complexity index is 2400. The molecule has 4 rings (SSSR count). The Morgan fingerprint density at radius 2 is 1.03 bits per heavy atom. The van der Waals surface area contributed by atoms with Crippen LogP contribution >= 0.6 is 0 Å². The van der Waals surface area contributed by atoms with Crippen LogP contribution < -0.4 is 16.0 Å². The van der Waals surface area contributed by atoms with Crippen LogP contribution in [0.3, 0.4) is 0 Å². The van der Waals surface area contributed by atoms with E-state index in [2.05, 4.69) is 16.0 Å². The van der Waals surface area contributed by atoms with Gasteiger partial charge in [0.15, 0.2) is 6.10 Å². The van der Waals surface area contributed by atoms with E-state index < -0.39 is 143 Å². The summed E-state index contributed by atoms with van der Waals surface area (Å²) < 4.78 is 6.08. The molecule has 2 aromatic carbocycles. The van der Waals surface area contributed by atoms with Crippen molar-refractivity contribution in [2.24, 2.45) is 35.5 Å². The van der Waals surface area contributed by atoms with Crippen LogP contribution in [0.5, 0.6) is 0 Å². The molecular weight excluding hydrogens is 997 g/mol. The lowest BCUT2D eigenvalue weighted by Gasteiger charge is -2.38. The van der Waals surface area contributed by atoms with Crippen molar-refractivity contribution in [3.63, 3.8) is 0 Å². The summed E-state index contributed by atoms with van der Waals surface area (Å²) in [5, 5.41) is 21.0. The Morgan fingerprint density at radius 3 is 1.53 bits per heavy atom. The zero-order chi connectivity index (χ0) is 58.6. The first-order valence-electron chi connectivity index (χ1n) is 27.8. The standard InChI is InChI=1S/C59H90N8O11/c1-17-38(12)44-56(74)63(13)45(34(4)5)52(70)60-41(31-33(2)3)54(72)65(15)47(36(8)9)59(77)78-50(37(10)11)58(76)64(14)46(35(6)7)53(71)61-42(32-39-25-20-18-21-26-39)55(73)66(16)48(49(68)40-27-22-19-23-28-40)57(75)67-30-24-29-43(67)51(69)62-44/h18-23,25-28,33-38,41-50,68H,17,24,29-32H2,1-16H3,(H,60,70)(H,61,71)(H,62,69)/t38-,41-,42+,43-,44-,45+,46+,47+,48-,49+,50+/m1/s1. The fourth-order valence-electron chi connectivity index (χ4n) is 10.9. The molecule has 0 spiro atoms. The van der Waals surface area contributed by atoms with Crippen molar-refractivity contribution in [1.82, 2.24) is 40.4 Å². The zero-order valence-corrected chi connectivity index (χ0v) is 49.0. The molecule has 0 saturated carbocycles. The first kappa shape index (κ1) is 64.2. The highest BCUT2D eigenvalue weighted by Crippen LogP contribution is 2.29. The van der Waals surface area contributed by atoms with Gasteiger partial charge in [0.05, 0.1) is 0 Å². The van der Waals surface area contributed by atoms with Gasteiger partial charge in [-0.15, -0.1) is 0 Å². The lowest BCUT2D eigenvalue weighted by Crippen LogP contribution is -2.62. The third-order valence-electron chi connectivity index (χ3n) is 15.4. The van der Waals surface area contributed by atoms with Crippen molar-refractivity contribution in [2.45, 2.75) is 176 Å². The molecule has 2 aromatic rings. The molecule has 4 N–H and O–H groups in total. The van der Waals surface area contributed by atoms with E-state index in [0.29, 0.717) is 24.0 Å². The van der Waals surface area contributed by atoms with Crippen LogP contribution in [0.15, 0.2) is 60.7 Å². The van der Waals surface area contributed by atoms with Crippen LogP contribution in [-0.2, 0) is 54.3 Å². The van der Waals surface area contributed by atoms with Gasteiger partial charge in [0.1, 0.15) is 54.4 Å².